The topological polar surface area (TPSA) is 126 Å². The maximum atomic E-state index is 13.0. The van der Waals surface area contributed by atoms with Crippen molar-refractivity contribution in [3.8, 4) is 0 Å². The third-order valence-electron chi connectivity index (χ3n) is 5.91. The number of carbonyl (C=O) groups excluding carboxylic acids is 3. The fourth-order valence-electron chi connectivity index (χ4n) is 4.21. The lowest BCUT2D eigenvalue weighted by molar-refractivity contribution is -0.140. The van der Waals surface area contributed by atoms with Crippen LogP contribution >= 0.6 is 0 Å². The third-order valence-corrected chi connectivity index (χ3v) is 7.68. The molecule has 0 bridgehead atoms. The SMILES string of the molecule is CCNC(=O)C1CCCN(C(=O)C2CCN(S(=O)(=O)c3ccc(C(=O)OCC)o3)CC2)C1. The minimum absolute atomic E-state index is 0.0151. The van der Waals surface area contributed by atoms with E-state index >= 15 is 0 Å². The molecular weight excluding hydrogens is 438 g/mol. The minimum Gasteiger partial charge on any atom is -0.460 e. The molecule has 0 aliphatic carbocycles. The molecule has 1 atom stereocenters. The Balaban J connectivity index is 1.58. The molecule has 0 aromatic carbocycles. The van der Waals surface area contributed by atoms with Crippen molar-refractivity contribution >= 4 is 27.8 Å². The van der Waals surface area contributed by atoms with E-state index in [0.717, 1.165) is 12.8 Å². The lowest BCUT2D eigenvalue weighted by Crippen LogP contribution is -2.49. The van der Waals surface area contributed by atoms with Crippen LogP contribution in [0, 0.1) is 11.8 Å². The Morgan fingerprint density at radius 2 is 1.81 bits per heavy atom. The largest absolute Gasteiger partial charge is 0.460 e. The van der Waals surface area contributed by atoms with Crippen molar-refractivity contribution in [2.75, 3.05) is 39.3 Å². The van der Waals surface area contributed by atoms with Crippen LogP contribution < -0.4 is 5.32 Å². The first kappa shape index (κ1) is 24.2. The number of ether oxygens (including phenoxy) is 1. The quantitative estimate of drug-likeness (QED) is 0.595. The molecule has 2 aliphatic rings. The van der Waals surface area contributed by atoms with Gasteiger partial charge in [-0.3, -0.25) is 9.59 Å². The fourth-order valence-corrected chi connectivity index (χ4v) is 5.59. The Kier molecular flexibility index (Phi) is 7.94. The van der Waals surface area contributed by atoms with Gasteiger partial charge in [-0.25, -0.2) is 13.2 Å². The van der Waals surface area contributed by atoms with Crippen LogP contribution in [0.15, 0.2) is 21.6 Å². The van der Waals surface area contributed by atoms with Gasteiger partial charge < -0.3 is 19.4 Å². The van der Waals surface area contributed by atoms with Gasteiger partial charge in [0.25, 0.3) is 10.0 Å². The minimum atomic E-state index is -3.91. The molecule has 2 saturated heterocycles. The summed E-state index contributed by atoms with van der Waals surface area (Å²) in [4.78, 5) is 38.6. The summed E-state index contributed by atoms with van der Waals surface area (Å²) in [6.45, 7) is 5.63. The van der Waals surface area contributed by atoms with E-state index in [1.165, 1.54) is 16.4 Å². The molecule has 32 heavy (non-hydrogen) atoms. The Hall–Kier alpha value is -2.40. The molecule has 178 valence electrons. The number of likely N-dealkylation sites (tertiary alicyclic amines) is 1. The molecule has 1 N–H and O–H groups in total. The normalized spacial score (nSPS) is 20.7. The van der Waals surface area contributed by atoms with Crippen LogP contribution in [0.2, 0.25) is 0 Å². The van der Waals surface area contributed by atoms with Gasteiger partial charge in [-0.1, -0.05) is 0 Å². The van der Waals surface area contributed by atoms with E-state index < -0.39 is 16.0 Å². The monoisotopic (exact) mass is 469 g/mol. The molecule has 10 nitrogen and oxygen atoms in total. The van der Waals surface area contributed by atoms with Crippen LogP contribution in [-0.4, -0.2) is 74.7 Å². The molecular formula is C21H31N3O7S. The number of esters is 1. The first-order valence-electron chi connectivity index (χ1n) is 11.1. The average molecular weight is 470 g/mol. The highest BCUT2D eigenvalue weighted by molar-refractivity contribution is 7.89. The van der Waals surface area contributed by atoms with Crippen molar-refractivity contribution in [3.05, 3.63) is 17.9 Å². The van der Waals surface area contributed by atoms with Gasteiger partial charge in [0.1, 0.15) is 0 Å². The lowest BCUT2D eigenvalue weighted by Gasteiger charge is -2.37. The summed E-state index contributed by atoms with van der Waals surface area (Å²) in [6, 6.07) is 2.52. The smallest absolute Gasteiger partial charge is 0.374 e. The molecule has 0 radical (unpaired) electrons. The maximum Gasteiger partial charge on any atom is 0.374 e. The summed E-state index contributed by atoms with van der Waals surface area (Å²) >= 11 is 0. The highest BCUT2D eigenvalue weighted by Gasteiger charge is 2.37. The van der Waals surface area contributed by atoms with E-state index in [9.17, 15) is 22.8 Å². The van der Waals surface area contributed by atoms with Gasteiger partial charge in [-0.15, -0.1) is 0 Å². The lowest BCUT2D eigenvalue weighted by atomic mass is 9.92. The van der Waals surface area contributed by atoms with E-state index in [1.54, 1.807) is 11.8 Å². The summed E-state index contributed by atoms with van der Waals surface area (Å²) in [5.74, 6) is -1.39. The van der Waals surface area contributed by atoms with Gasteiger partial charge in [0, 0.05) is 38.6 Å². The van der Waals surface area contributed by atoms with Crippen LogP contribution in [0.25, 0.3) is 0 Å². The number of nitrogens with zero attached hydrogens (tertiary/aromatic N) is 2. The highest BCUT2D eigenvalue weighted by atomic mass is 32.2. The van der Waals surface area contributed by atoms with Crippen molar-refractivity contribution in [2.24, 2.45) is 11.8 Å². The van der Waals surface area contributed by atoms with Crippen LogP contribution in [-0.2, 0) is 24.3 Å². The first-order valence-corrected chi connectivity index (χ1v) is 12.6. The van der Waals surface area contributed by atoms with E-state index in [2.05, 4.69) is 5.32 Å². The van der Waals surface area contributed by atoms with Crippen molar-refractivity contribution in [2.45, 2.75) is 44.6 Å². The Morgan fingerprint density at radius 3 is 2.47 bits per heavy atom. The summed E-state index contributed by atoms with van der Waals surface area (Å²) in [7, 11) is -3.91. The molecule has 1 aromatic heterocycles. The predicted octanol–water partition coefficient (Wildman–Crippen LogP) is 1.23. The molecule has 0 saturated carbocycles. The van der Waals surface area contributed by atoms with Gasteiger partial charge >= 0.3 is 5.97 Å². The number of carbonyl (C=O) groups is 3. The van der Waals surface area contributed by atoms with Gasteiger partial charge in [0.05, 0.1) is 12.5 Å². The number of nitrogens with one attached hydrogen (secondary N) is 1. The predicted molar refractivity (Wildman–Crippen MR) is 114 cm³/mol. The van der Waals surface area contributed by atoms with E-state index in [-0.39, 0.29) is 54.2 Å². The number of sulfonamides is 1. The molecule has 0 spiro atoms. The van der Waals surface area contributed by atoms with Crippen molar-refractivity contribution in [3.63, 3.8) is 0 Å². The molecule has 2 aliphatic heterocycles. The molecule has 11 heteroatoms. The number of rotatable bonds is 7. The average Bonchev–Trinajstić information content (AvgIpc) is 3.31. The van der Waals surface area contributed by atoms with E-state index in [1.807, 2.05) is 6.92 Å². The second-order valence-corrected chi connectivity index (χ2v) is 9.90. The number of hydrogen-bond donors (Lipinski definition) is 1. The second kappa shape index (κ2) is 10.5. The van der Waals surface area contributed by atoms with Crippen molar-refractivity contribution in [1.29, 1.82) is 0 Å². The molecule has 2 fully saturated rings. The summed E-state index contributed by atoms with van der Waals surface area (Å²) < 4.78 is 37.1. The third kappa shape index (κ3) is 5.32. The Labute approximate surface area is 188 Å². The van der Waals surface area contributed by atoms with E-state index in [4.69, 9.17) is 9.15 Å². The Morgan fingerprint density at radius 1 is 1.09 bits per heavy atom. The number of furan rings is 1. The Bertz CT molecular complexity index is 935. The molecule has 3 heterocycles. The van der Waals surface area contributed by atoms with Crippen LogP contribution in [0.5, 0.6) is 0 Å². The van der Waals surface area contributed by atoms with E-state index in [0.29, 0.717) is 32.5 Å². The summed E-state index contributed by atoms with van der Waals surface area (Å²) in [6.07, 6.45) is 2.34. The standard InChI is InChI=1S/C21H31N3O7S/c1-3-22-19(25)16-6-5-11-23(14-16)20(26)15-9-12-24(13-10-15)32(28,29)18-8-7-17(31-18)21(27)30-4-2/h7-8,15-16H,3-6,9-14H2,1-2H3,(H,22,25). The summed E-state index contributed by atoms with van der Waals surface area (Å²) in [5.41, 5.74) is 0. The maximum absolute atomic E-state index is 13.0. The van der Waals surface area contributed by atoms with Crippen LogP contribution in [0.1, 0.15) is 50.1 Å². The number of hydrogen-bond acceptors (Lipinski definition) is 7. The first-order chi connectivity index (χ1) is 15.3. The molecule has 3 rings (SSSR count). The zero-order valence-electron chi connectivity index (χ0n) is 18.5. The highest BCUT2D eigenvalue weighted by Crippen LogP contribution is 2.28. The molecule has 1 aromatic rings. The second-order valence-electron chi connectivity index (χ2n) is 8.04. The number of amides is 2. The summed E-state index contributed by atoms with van der Waals surface area (Å²) in [5, 5.41) is 2.51. The van der Waals surface area contributed by atoms with Crippen molar-refractivity contribution in [1.82, 2.24) is 14.5 Å². The molecule has 2 amide bonds. The zero-order valence-corrected chi connectivity index (χ0v) is 19.4. The van der Waals surface area contributed by atoms with Gasteiger partial charge in [0.15, 0.2) is 0 Å². The zero-order chi connectivity index (χ0) is 23.3. The van der Waals surface area contributed by atoms with Gasteiger partial charge in [0.2, 0.25) is 22.7 Å². The van der Waals surface area contributed by atoms with Crippen LogP contribution in [0.4, 0.5) is 0 Å². The van der Waals surface area contributed by atoms with Crippen LogP contribution in [0.3, 0.4) is 0 Å². The number of piperidine rings is 2. The van der Waals surface area contributed by atoms with Gasteiger partial charge in [-0.05, 0) is 51.7 Å². The molecule has 1 unspecified atom stereocenters. The van der Waals surface area contributed by atoms with Crippen molar-refractivity contribution < 1.29 is 32.0 Å². The van der Waals surface area contributed by atoms with Gasteiger partial charge in [-0.2, -0.15) is 4.31 Å². The fraction of sp³-hybridized carbons (Fsp3) is 0.667.